The minimum absolute atomic E-state index is 0.0285. The lowest BCUT2D eigenvalue weighted by Gasteiger charge is -2.18. The number of esters is 1. The van der Waals surface area contributed by atoms with Crippen LogP contribution in [0.1, 0.15) is 23.2 Å². The van der Waals surface area contributed by atoms with E-state index in [0.717, 1.165) is 11.3 Å². The Kier molecular flexibility index (Phi) is 6.59. The van der Waals surface area contributed by atoms with E-state index in [0.29, 0.717) is 29.4 Å². The number of nitrogens with one attached hydrogen (secondary N) is 1. The van der Waals surface area contributed by atoms with Crippen LogP contribution in [0.3, 0.4) is 0 Å². The van der Waals surface area contributed by atoms with Crippen molar-refractivity contribution in [3.63, 3.8) is 0 Å². The van der Waals surface area contributed by atoms with Crippen LogP contribution in [0.5, 0.6) is 0 Å². The molecule has 1 aliphatic heterocycles. The number of carbonyl (C=O) groups excluding carboxylic acids is 3. The fourth-order valence-electron chi connectivity index (χ4n) is 2.90. The maximum atomic E-state index is 12.3. The highest BCUT2D eigenvalue weighted by Gasteiger charge is 2.24. The standard InChI is InChI=1S/C20H19ClN2O4S/c1-28-17-6-3-2-5-15(17)22-18(24)12-27-20(26)13-8-9-14(21)16(11-13)23-10-4-7-19(23)25/h2-3,5-6,8-9,11H,4,7,10,12H2,1H3,(H,22,24). The Morgan fingerprint density at radius 3 is 2.75 bits per heavy atom. The number of benzene rings is 2. The Morgan fingerprint density at radius 2 is 2.04 bits per heavy atom. The van der Waals surface area contributed by atoms with Gasteiger partial charge in [0, 0.05) is 17.9 Å². The number of carbonyl (C=O) groups is 3. The van der Waals surface area contributed by atoms with E-state index in [1.54, 1.807) is 17.0 Å². The normalized spacial score (nSPS) is 13.5. The highest BCUT2D eigenvalue weighted by Crippen LogP contribution is 2.30. The number of rotatable bonds is 6. The lowest BCUT2D eigenvalue weighted by Crippen LogP contribution is -2.25. The summed E-state index contributed by atoms with van der Waals surface area (Å²) in [5.74, 6) is -1.11. The van der Waals surface area contributed by atoms with Crippen molar-refractivity contribution in [1.82, 2.24) is 0 Å². The third-order valence-corrected chi connectivity index (χ3v) is 5.38. The van der Waals surface area contributed by atoms with E-state index in [-0.39, 0.29) is 11.5 Å². The van der Waals surface area contributed by atoms with Crippen LogP contribution in [0, 0.1) is 0 Å². The minimum Gasteiger partial charge on any atom is -0.452 e. The molecule has 1 saturated heterocycles. The van der Waals surface area contributed by atoms with Crippen molar-refractivity contribution in [3.8, 4) is 0 Å². The molecule has 0 bridgehead atoms. The average Bonchev–Trinajstić information content (AvgIpc) is 3.12. The number of para-hydroxylation sites is 1. The van der Waals surface area contributed by atoms with Crippen molar-refractivity contribution in [2.45, 2.75) is 17.7 Å². The molecule has 8 heteroatoms. The largest absolute Gasteiger partial charge is 0.452 e. The molecule has 1 heterocycles. The van der Waals surface area contributed by atoms with Crippen molar-refractivity contribution in [1.29, 1.82) is 0 Å². The second-order valence-electron chi connectivity index (χ2n) is 6.14. The van der Waals surface area contributed by atoms with E-state index in [1.165, 1.54) is 23.9 Å². The topological polar surface area (TPSA) is 75.7 Å². The summed E-state index contributed by atoms with van der Waals surface area (Å²) in [7, 11) is 0. The number of ether oxygens (including phenoxy) is 1. The smallest absolute Gasteiger partial charge is 0.338 e. The molecule has 28 heavy (non-hydrogen) atoms. The van der Waals surface area contributed by atoms with Crippen LogP contribution >= 0.6 is 23.4 Å². The Morgan fingerprint density at radius 1 is 1.25 bits per heavy atom. The molecule has 146 valence electrons. The fourth-order valence-corrected chi connectivity index (χ4v) is 3.67. The minimum atomic E-state index is -0.655. The molecule has 0 spiro atoms. The lowest BCUT2D eigenvalue weighted by atomic mass is 10.2. The van der Waals surface area contributed by atoms with Gasteiger partial charge in [-0.15, -0.1) is 11.8 Å². The summed E-state index contributed by atoms with van der Waals surface area (Å²) >= 11 is 7.69. The van der Waals surface area contributed by atoms with Crippen molar-refractivity contribution in [2.75, 3.05) is 29.6 Å². The molecular weight excluding hydrogens is 400 g/mol. The number of halogens is 1. The van der Waals surface area contributed by atoms with E-state index in [4.69, 9.17) is 16.3 Å². The first-order valence-corrected chi connectivity index (χ1v) is 10.3. The first-order valence-electron chi connectivity index (χ1n) is 8.69. The molecule has 0 atom stereocenters. The maximum absolute atomic E-state index is 12.3. The van der Waals surface area contributed by atoms with Gasteiger partial charge in [0.2, 0.25) is 5.91 Å². The van der Waals surface area contributed by atoms with Crippen LogP contribution < -0.4 is 10.2 Å². The van der Waals surface area contributed by atoms with Gasteiger partial charge in [-0.3, -0.25) is 9.59 Å². The van der Waals surface area contributed by atoms with Crippen LogP contribution in [0.2, 0.25) is 5.02 Å². The quantitative estimate of drug-likeness (QED) is 0.567. The molecule has 6 nitrogen and oxygen atoms in total. The van der Waals surface area contributed by atoms with E-state index >= 15 is 0 Å². The van der Waals surface area contributed by atoms with Crippen LogP contribution in [0.25, 0.3) is 0 Å². The molecule has 2 aromatic rings. The third-order valence-electron chi connectivity index (χ3n) is 4.26. The molecule has 0 unspecified atom stereocenters. The fraction of sp³-hybridized carbons (Fsp3) is 0.250. The summed E-state index contributed by atoms with van der Waals surface area (Å²) < 4.78 is 5.12. The highest BCUT2D eigenvalue weighted by molar-refractivity contribution is 7.98. The monoisotopic (exact) mass is 418 g/mol. The van der Waals surface area contributed by atoms with Gasteiger partial charge in [0.1, 0.15) is 0 Å². The van der Waals surface area contributed by atoms with E-state index in [9.17, 15) is 14.4 Å². The van der Waals surface area contributed by atoms with Crippen molar-refractivity contribution >= 4 is 52.5 Å². The molecule has 0 aliphatic carbocycles. The van der Waals surface area contributed by atoms with E-state index in [1.807, 2.05) is 24.5 Å². The van der Waals surface area contributed by atoms with E-state index < -0.39 is 18.5 Å². The van der Waals surface area contributed by atoms with Gasteiger partial charge in [-0.2, -0.15) is 0 Å². The van der Waals surface area contributed by atoms with Gasteiger partial charge in [0.15, 0.2) is 6.61 Å². The highest BCUT2D eigenvalue weighted by atomic mass is 35.5. The molecule has 0 saturated carbocycles. The maximum Gasteiger partial charge on any atom is 0.338 e. The van der Waals surface area contributed by atoms with Crippen LogP contribution in [-0.4, -0.2) is 37.2 Å². The summed E-state index contributed by atoms with van der Waals surface area (Å²) in [6.07, 6.45) is 3.12. The number of thioether (sulfide) groups is 1. The molecule has 1 fully saturated rings. The van der Waals surface area contributed by atoms with E-state index in [2.05, 4.69) is 5.32 Å². The predicted molar refractivity (Wildman–Crippen MR) is 110 cm³/mol. The SMILES string of the molecule is CSc1ccccc1NC(=O)COC(=O)c1ccc(Cl)c(N2CCCC2=O)c1. The second-order valence-corrected chi connectivity index (χ2v) is 7.39. The number of nitrogens with zero attached hydrogens (tertiary/aromatic N) is 1. The summed E-state index contributed by atoms with van der Waals surface area (Å²) in [5, 5.41) is 3.12. The number of hydrogen-bond donors (Lipinski definition) is 1. The van der Waals surface area contributed by atoms with Gasteiger partial charge >= 0.3 is 5.97 Å². The summed E-state index contributed by atoms with van der Waals surface area (Å²) in [4.78, 5) is 38.9. The molecule has 3 rings (SSSR count). The zero-order chi connectivity index (χ0) is 20.1. The van der Waals surface area contributed by atoms with Gasteiger partial charge < -0.3 is 15.0 Å². The number of hydrogen-bond acceptors (Lipinski definition) is 5. The second kappa shape index (κ2) is 9.12. The van der Waals surface area contributed by atoms with Gasteiger partial charge in [-0.05, 0) is 43.0 Å². The Bertz CT molecular complexity index is 919. The van der Waals surface area contributed by atoms with Gasteiger partial charge in [-0.1, -0.05) is 23.7 Å². The first-order chi connectivity index (χ1) is 13.5. The Labute approximate surface area is 172 Å². The Hall–Kier alpha value is -2.51. The number of anilines is 2. The Balaban J connectivity index is 1.63. The van der Waals surface area contributed by atoms with Crippen LogP contribution in [0.4, 0.5) is 11.4 Å². The summed E-state index contributed by atoms with van der Waals surface area (Å²) in [6, 6.07) is 11.9. The van der Waals surface area contributed by atoms with Gasteiger partial charge in [0.25, 0.3) is 5.91 Å². The molecule has 0 aromatic heterocycles. The summed E-state index contributed by atoms with van der Waals surface area (Å²) in [6.45, 7) is 0.149. The van der Waals surface area contributed by atoms with Crippen LogP contribution in [0.15, 0.2) is 47.4 Å². The first kappa shape index (κ1) is 20.2. The van der Waals surface area contributed by atoms with Crippen molar-refractivity contribution in [2.24, 2.45) is 0 Å². The summed E-state index contributed by atoms with van der Waals surface area (Å²) in [5.41, 5.74) is 1.38. The van der Waals surface area contributed by atoms with Crippen molar-refractivity contribution < 1.29 is 19.1 Å². The molecule has 0 radical (unpaired) electrons. The van der Waals surface area contributed by atoms with Crippen LogP contribution in [-0.2, 0) is 14.3 Å². The average molecular weight is 419 g/mol. The van der Waals surface area contributed by atoms with Gasteiger partial charge in [-0.25, -0.2) is 4.79 Å². The number of amides is 2. The molecule has 1 aliphatic rings. The predicted octanol–water partition coefficient (Wildman–Crippen LogP) is 3.98. The zero-order valence-electron chi connectivity index (χ0n) is 15.2. The van der Waals surface area contributed by atoms with Crippen molar-refractivity contribution in [3.05, 3.63) is 53.1 Å². The molecule has 2 aromatic carbocycles. The lowest BCUT2D eigenvalue weighted by molar-refractivity contribution is -0.119. The zero-order valence-corrected chi connectivity index (χ0v) is 16.8. The molecular formula is C20H19ClN2O4S. The molecule has 2 amide bonds. The third kappa shape index (κ3) is 4.66. The molecule has 1 N–H and O–H groups in total. The van der Waals surface area contributed by atoms with Gasteiger partial charge in [0.05, 0.1) is 22.0 Å².